The molecule has 4 N–H and O–H groups in total. The van der Waals surface area contributed by atoms with Crippen LogP contribution in [0.4, 0.5) is 36.3 Å². The van der Waals surface area contributed by atoms with Crippen LogP contribution in [-0.4, -0.2) is 15.9 Å². The number of anilines is 4. The predicted molar refractivity (Wildman–Crippen MR) is 80.0 cm³/mol. The summed E-state index contributed by atoms with van der Waals surface area (Å²) in [6.45, 7) is 3.33. The number of nitrogens with zero attached hydrogens (tertiary/aromatic N) is 2. The molecule has 0 saturated carbocycles. The molecule has 9 heteroatoms. The number of hydrogen-bond acceptors (Lipinski definition) is 5. The molecule has 6 nitrogen and oxygen atoms in total. The Morgan fingerprint density at radius 2 is 2.00 bits per heavy atom. The van der Waals surface area contributed by atoms with Gasteiger partial charge < -0.3 is 16.4 Å². The molecule has 0 unspecified atom stereocenters. The summed E-state index contributed by atoms with van der Waals surface area (Å²) in [4.78, 5) is 18.4. The monoisotopic (exact) mass is 323 g/mol. The minimum absolute atomic E-state index is 0.0947. The zero-order valence-electron chi connectivity index (χ0n) is 11.7. The Balaban J connectivity index is 2.19. The number of nitrogens with two attached hydrogens (primary N) is 1. The number of carbonyl (C=O) groups is 1. The number of carbonyl (C=O) groups excluding carboxylic acids is 1. The summed E-state index contributed by atoms with van der Waals surface area (Å²) in [5, 5.41) is 5.26. The molecular weight excluding hydrogens is 311 g/mol. The summed E-state index contributed by atoms with van der Waals surface area (Å²) >= 11 is 0. The molecule has 0 radical (unpaired) electrons. The van der Waals surface area contributed by atoms with Crippen LogP contribution in [-0.2, 0) is 11.0 Å². The van der Waals surface area contributed by atoms with Crippen LogP contribution < -0.4 is 16.4 Å². The van der Waals surface area contributed by atoms with Crippen molar-refractivity contribution in [1.82, 2.24) is 9.97 Å². The van der Waals surface area contributed by atoms with Crippen LogP contribution in [0.5, 0.6) is 0 Å². The molecule has 2 aromatic rings. The lowest BCUT2D eigenvalue weighted by molar-refractivity contribution is -0.137. The van der Waals surface area contributed by atoms with Crippen LogP contribution >= 0.6 is 0 Å². The molecular formula is C14H12F3N5O. The number of nitrogen functional groups attached to an aromatic ring is 1. The molecule has 0 atom stereocenters. The van der Waals surface area contributed by atoms with Crippen molar-refractivity contribution >= 4 is 29.0 Å². The van der Waals surface area contributed by atoms with Gasteiger partial charge in [-0.2, -0.15) is 18.2 Å². The zero-order valence-corrected chi connectivity index (χ0v) is 11.7. The molecule has 23 heavy (non-hydrogen) atoms. The Hall–Kier alpha value is -3.10. The van der Waals surface area contributed by atoms with Gasteiger partial charge in [0.2, 0.25) is 11.9 Å². The molecule has 1 aromatic carbocycles. The minimum Gasteiger partial charge on any atom is -0.383 e. The molecule has 0 saturated heterocycles. The highest BCUT2D eigenvalue weighted by Crippen LogP contribution is 2.32. The van der Waals surface area contributed by atoms with Gasteiger partial charge in [0.25, 0.3) is 0 Å². The Labute approximate surface area is 129 Å². The van der Waals surface area contributed by atoms with Crippen molar-refractivity contribution in [2.24, 2.45) is 0 Å². The van der Waals surface area contributed by atoms with Crippen molar-refractivity contribution < 1.29 is 18.0 Å². The zero-order chi connectivity index (χ0) is 17.0. The molecule has 0 aliphatic rings. The van der Waals surface area contributed by atoms with E-state index < -0.39 is 23.5 Å². The van der Waals surface area contributed by atoms with E-state index >= 15 is 0 Å². The van der Waals surface area contributed by atoms with Gasteiger partial charge in [-0.05, 0) is 24.3 Å². The van der Waals surface area contributed by atoms with Crippen LogP contribution in [0.15, 0.2) is 43.1 Å². The molecule has 1 amide bonds. The minimum atomic E-state index is -4.61. The summed E-state index contributed by atoms with van der Waals surface area (Å²) in [7, 11) is 0. The van der Waals surface area contributed by atoms with E-state index in [1.165, 1.54) is 0 Å². The van der Waals surface area contributed by atoms with Crippen molar-refractivity contribution in [2.45, 2.75) is 6.18 Å². The molecule has 0 fully saturated rings. The molecule has 2 rings (SSSR count). The van der Waals surface area contributed by atoms with E-state index in [1.807, 2.05) is 0 Å². The maximum atomic E-state index is 12.6. The number of benzene rings is 1. The van der Waals surface area contributed by atoms with Gasteiger partial charge in [0, 0.05) is 17.6 Å². The van der Waals surface area contributed by atoms with Gasteiger partial charge in [-0.3, -0.25) is 4.79 Å². The molecule has 120 valence electrons. The highest BCUT2D eigenvalue weighted by atomic mass is 19.4. The Morgan fingerprint density at radius 3 is 2.61 bits per heavy atom. The molecule has 0 bridgehead atoms. The van der Waals surface area contributed by atoms with E-state index in [0.717, 1.165) is 6.08 Å². The van der Waals surface area contributed by atoms with E-state index in [2.05, 4.69) is 27.2 Å². The number of hydrogen-bond donors (Lipinski definition) is 3. The molecule has 0 spiro atoms. The summed E-state index contributed by atoms with van der Waals surface area (Å²) in [6, 6.07) is 6.45. The number of amides is 1. The number of rotatable bonds is 4. The van der Waals surface area contributed by atoms with Crippen LogP contribution in [0.25, 0.3) is 0 Å². The first-order valence-electron chi connectivity index (χ1n) is 6.30. The van der Waals surface area contributed by atoms with Crippen molar-refractivity contribution in [2.75, 3.05) is 16.4 Å². The van der Waals surface area contributed by atoms with Crippen molar-refractivity contribution in [1.29, 1.82) is 0 Å². The third kappa shape index (κ3) is 4.19. The topological polar surface area (TPSA) is 92.9 Å². The van der Waals surface area contributed by atoms with E-state index in [0.29, 0.717) is 17.6 Å². The molecule has 0 aliphatic carbocycles. The average Bonchev–Trinajstić information content (AvgIpc) is 2.46. The SMILES string of the molecule is C=CC(=O)Nc1cccc(Nc2ncc(C(F)(F)F)c(N)n2)c1. The lowest BCUT2D eigenvalue weighted by atomic mass is 10.2. The molecule has 1 heterocycles. The third-order valence-corrected chi connectivity index (χ3v) is 2.70. The van der Waals surface area contributed by atoms with E-state index in [4.69, 9.17) is 5.73 Å². The van der Waals surface area contributed by atoms with Crippen LogP contribution in [0.1, 0.15) is 5.56 Å². The Morgan fingerprint density at radius 1 is 1.30 bits per heavy atom. The lowest BCUT2D eigenvalue weighted by Crippen LogP contribution is -2.12. The first-order valence-corrected chi connectivity index (χ1v) is 6.30. The van der Waals surface area contributed by atoms with Crippen LogP contribution in [0, 0.1) is 0 Å². The van der Waals surface area contributed by atoms with E-state index in [-0.39, 0.29) is 5.95 Å². The third-order valence-electron chi connectivity index (χ3n) is 2.70. The van der Waals surface area contributed by atoms with Gasteiger partial charge >= 0.3 is 6.18 Å². The highest BCUT2D eigenvalue weighted by molar-refractivity contribution is 5.99. The second-order valence-electron chi connectivity index (χ2n) is 4.39. The van der Waals surface area contributed by atoms with Gasteiger partial charge in [-0.25, -0.2) is 4.98 Å². The fourth-order valence-electron chi connectivity index (χ4n) is 1.67. The summed E-state index contributed by atoms with van der Waals surface area (Å²) in [6.07, 6.45) is -2.90. The fraction of sp³-hybridized carbons (Fsp3) is 0.0714. The molecule has 0 aliphatic heterocycles. The number of aromatic nitrogens is 2. The number of alkyl halides is 3. The molecule has 1 aromatic heterocycles. The maximum absolute atomic E-state index is 12.6. The second-order valence-corrected chi connectivity index (χ2v) is 4.39. The average molecular weight is 323 g/mol. The van der Waals surface area contributed by atoms with Crippen molar-refractivity contribution in [3.05, 3.63) is 48.7 Å². The summed E-state index contributed by atoms with van der Waals surface area (Å²) < 4.78 is 37.8. The van der Waals surface area contributed by atoms with Gasteiger partial charge in [-0.15, -0.1) is 0 Å². The summed E-state index contributed by atoms with van der Waals surface area (Å²) in [5.41, 5.74) is 5.13. The van der Waals surface area contributed by atoms with Gasteiger partial charge in [0.05, 0.1) is 0 Å². The lowest BCUT2D eigenvalue weighted by Gasteiger charge is -2.11. The van der Waals surface area contributed by atoms with Crippen LogP contribution in [0.3, 0.4) is 0 Å². The van der Waals surface area contributed by atoms with Crippen molar-refractivity contribution in [3.63, 3.8) is 0 Å². The first-order chi connectivity index (χ1) is 10.8. The second kappa shape index (κ2) is 6.34. The fourth-order valence-corrected chi connectivity index (χ4v) is 1.67. The maximum Gasteiger partial charge on any atom is 0.421 e. The predicted octanol–water partition coefficient (Wildman–Crippen LogP) is 2.95. The van der Waals surface area contributed by atoms with E-state index in [1.54, 1.807) is 24.3 Å². The number of halogens is 3. The first kappa shape index (κ1) is 16.3. The largest absolute Gasteiger partial charge is 0.421 e. The Bertz CT molecular complexity index is 745. The smallest absolute Gasteiger partial charge is 0.383 e. The quantitative estimate of drug-likeness (QED) is 0.752. The highest BCUT2D eigenvalue weighted by Gasteiger charge is 2.34. The normalized spacial score (nSPS) is 10.9. The van der Waals surface area contributed by atoms with Gasteiger partial charge in [-0.1, -0.05) is 12.6 Å². The summed E-state index contributed by atoms with van der Waals surface area (Å²) in [5.74, 6) is -1.16. The van der Waals surface area contributed by atoms with Gasteiger partial charge in [0.1, 0.15) is 11.4 Å². The van der Waals surface area contributed by atoms with Crippen LogP contribution in [0.2, 0.25) is 0 Å². The van der Waals surface area contributed by atoms with E-state index in [9.17, 15) is 18.0 Å². The number of nitrogens with one attached hydrogen (secondary N) is 2. The standard InChI is InChI=1S/C14H12F3N5O/c1-2-11(23)20-8-4-3-5-9(6-8)21-13-19-7-10(12(18)22-13)14(15,16)17/h2-7H,1H2,(H,20,23)(H3,18,19,21,22). The Kier molecular flexibility index (Phi) is 4.49. The van der Waals surface area contributed by atoms with Gasteiger partial charge in [0.15, 0.2) is 0 Å². The van der Waals surface area contributed by atoms with Crippen molar-refractivity contribution in [3.8, 4) is 0 Å².